The number of carbonyl (C=O) groups is 3. The smallest absolute Gasteiger partial charge is 0.408 e. The van der Waals surface area contributed by atoms with Crippen molar-refractivity contribution < 1.29 is 24.2 Å². The molecular formula is C26H28N2O5. The van der Waals surface area contributed by atoms with Gasteiger partial charge in [0.1, 0.15) is 17.6 Å². The molecule has 7 nitrogen and oxygen atoms in total. The summed E-state index contributed by atoms with van der Waals surface area (Å²) < 4.78 is 5.55. The molecule has 1 fully saturated rings. The molecule has 1 saturated heterocycles. The van der Waals surface area contributed by atoms with Crippen molar-refractivity contribution in [2.24, 2.45) is 5.41 Å². The molecule has 2 amide bonds. The molecule has 1 aliphatic carbocycles. The highest BCUT2D eigenvalue weighted by Crippen LogP contribution is 2.44. The van der Waals surface area contributed by atoms with Gasteiger partial charge in [0.15, 0.2) is 0 Å². The van der Waals surface area contributed by atoms with Crippen LogP contribution in [0.3, 0.4) is 0 Å². The lowest BCUT2D eigenvalue weighted by atomic mass is 9.76. The first-order valence-electron chi connectivity index (χ1n) is 11.0. The Labute approximate surface area is 193 Å². The quantitative estimate of drug-likeness (QED) is 0.629. The number of carboxylic acids is 1. The first-order valence-corrected chi connectivity index (χ1v) is 11.0. The maximum Gasteiger partial charge on any atom is 0.408 e. The van der Waals surface area contributed by atoms with Crippen LogP contribution in [0.5, 0.6) is 0 Å². The van der Waals surface area contributed by atoms with Crippen LogP contribution >= 0.6 is 0 Å². The number of aliphatic carboxylic acids is 1. The van der Waals surface area contributed by atoms with Crippen LogP contribution in [0.2, 0.25) is 0 Å². The highest BCUT2D eigenvalue weighted by molar-refractivity contribution is 5.91. The topological polar surface area (TPSA) is 95.9 Å². The summed E-state index contributed by atoms with van der Waals surface area (Å²) in [5.74, 6) is -1.38. The van der Waals surface area contributed by atoms with Crippen molar-refractivity contribution in [1.82, 2.24) is 10.2 Å². The van der Waals surface area contributed by atoms with Crippen molar-refractivity contribution in [3.63, 3.8) is 0 Å². The van der Waals surface area contributed by atoms with Gasteiger partial charge in [-0.2, -0.15) is 0 Å². The van der Waals surface area contributed by atoms with Crippen LogP contribution in [0, 0.1) is 5.41 Å². The van der Waals surface area contributed by atoms with Crippen molar-refractivity contribution in [3.05, 3.63) is 72.3 Å². The summed E-state index contributed by atoms with van der Waals surface area (Å²) in [4.78, 5) is 38.6. The monoisotopic (exact) mass is 448 g/mol. The summed E-state index contributed by atoms with van der Waals surface area (Å²) >= 11 is 0. The molecule has 1 aliphatic heterocycles. The maximum absolute atomic E-state index is 12.9. The van der Waals surface area contributed by atoms with Crippen molar-refractivity contribution in [2.75, 3.05) is 19.7 Å². The molecule has 7 heteroatoms. The Balaban J connectivity index is 1.38. The van der Waals surface area contributed by atoms with E-state index < -0.39 is 23.0 Å². The van der Waals surface area contributed by atoms with E-state index in [4.69, 9.17) is 4.74 Å². The van der Waals surface area contributed by atoms with Crippen molar-refractivity contribution in [2.45, 2.75) is 31.7 Å². The average Bonchev–Trinajstić information content (AvgIpc) is 3.07. The van der Waals surface area contributed by atoms with E-state index in [1.807, 2.05) is 36.4 Å². The number of likely N-dealkylation sites (tertiary alicyclic amines) is 1. The Kier molecular flexibility index (Phi) is 5.74. The lowest BCUT2D eigenvalue weighted by molar-refractivity contribution is -0.168. The summed E-state index contributed by atoms with van der Waals surface area (Å²) in [5.41, 5.74) is 2.25. The number of hydrogen-bond acceptors (Lipinski definition) is 4. The van der Waals surface area contributed by atoms with Gasteiger partial charge in [0.05, 0.1) is 0 Å². The summed E-state index contributed by atoms with van der Waals surface area (Å²) in [7, 11) is 0. The molecule has 172 valence electrons. The standard InChI is InChI=1S/C26H28N2O5/c1-4-13-26(23(30)31)15-28(16-26)22(29)25(2,3)27-24(32)33-14-21-19-11-7-5-9-17(19)18-10-6-8-12-20(18)21/h4-12,21H,1,13-16H2,2-3H3,(H,27,32)(H,30,31). The van der Waals surface area contributed by atoms with Crippen LogP contribution in [0.4, 0.5) is 4.79 Å². The summed E-state index contributed by atoms with van der Waals surface area (Å²) in [6.45, 7) is 7.11. The first-order chi connectivity index (χ1) is 15.7. The second-order valence-corrected chi connectivity index (χ2v) is 9.32. The highest BCUT2D eigenvalue weighted by Gasteiger charge is 2.52. The number of benzene rings is 2. The average molecular weight is 449 g/mol. The number of allylic oxidation sites excluding steroid dienone is 1. The maximum atomic E-state index is 12.9. The van der Waals surface area contributed by atoms with Gasteiger partial charge in [-0.15, -0.1) is 6.58 Å². The van der Waals surface area contributed by atoms with Gasteiger partial charge in [-0.25, -0.2) is 4.79 Å². The lowest BCUT2D eigenvalue weighted by Gasteiger charge is -2.49. The number of fused-ring (bicyclic) bond motifs is 3. The number of nitrogens with one attached hydrogen (secondary N) is 1. The van der Waals surface area contributed by atoms with Gasteiger partial charge in [0.2, 0.25) is 5.91 Å². The molecule has 33 heavy (non-hydrogen) atoms. The van der Waals surface area contributed by atoms with E-state index in [2.05, 4.69) is 24.0 Å². The minimum absolute atomic E-state index is 0.0765. The van der Waals surface area contributed by atoms with Gasteiger partial charge in [-0.1, -0.05) is 54.6 Å². The van der Waals surface area contributed by atoms with Crippen LogP contribution in [0.25, 0.3) is 11.1 Å². The van der Waals surface area contributed by atoms with Crippen molar-refractivity contribution in [3.8, 4) is 11.1 Å². The molecule has 0 saturated carbocycles. The summed E-state index contributed by atoms with van der Waals surface area (Å²) in [6.07, 6.45) is 1.15. The zero-order valence-corrected chi connectivity index (χ0v) is 18.8. The summed E-state index contributed by atoms with van der Waals surface area (Å²) in [5, 5.41) is 12.1. The van der Waals surface area contributed by atoms with Gasteiger partial charge >= 0.3 is 12.1 Å². The number of rotatable bonds is 7. The fourth-order valence-electron chi connectivity index (χ4n) is 4.79. The van der Waals surface area contributed by atoms with Gasteiger partial charge in [0.25, 0.3) is 0 Å². The molecule has 0 radical (unpaired) electrons. The van der Waals surface area contributed by atoms with Crippen LogP contribution in [0.1, 0.15) is 37.3 Å². The minimum atomic E-state index is -1.23. The molecule has 0 atom stereocenters. The third-order valence-electron chi connectivity index (χ3n) is 6.56. The molecule has 2 N–H and O–H groups in total. The Hall–Kier alpha value is -3.61. The SMILES string of the molecule is C=CCC1(C(=O)O)CN(C(=O)C(C)(C)NC(=O)OCC2c3ccccc3-c3ccccc32)C1. The second-order valence-electron chi connectivity index (χ2n) is 9.32. The molecule has 0 bridgehead atoms. The Morgan fingerprint density at radius 2 is 1.67 bits per heavy atom. The molecule has 2 aliphatic rings. The van der Waals surface area contributed by atoms with E-state index in [0.29, 0.717) is 0 Å². The molecule has 0 spiro atoms. The van der Waals surface area contributed by atoms with Crippen molar-refractivity contribution >= 4 is 18.0 Å². The lowest BCUT2D eigenvalue weighted by Crippen LogP contribution is -2.67. The van der Waals surface area contributed by atoms with E-state index in [-0.39, 0.29) is 37.9 Å². The predicted molar refractivity (Wildman–Crippen MR) is 124 cm³/mol. The van der Waals surface area contributed by atoms with Crippen LogP contribution in [-0.2, 0) is 14.3 Å². The fourth-order valence-corrected chi connectivity index (χ4v) is 4.79. The van der Waals surface area contributed by atoms with E-state index in [1.165, 1.54) is 4.90 Å². The van der Waals surface area contributed by atoms with Crippen LogP contribution < -0.4 is 5.32 Å². The molecular weight excluding hydrogens is 420 g/mol. The Bertz CT molecular complexity index is 1070. The largest absolute Gasteiger partial charge is 0.481 e. The molecule has 0 unspecified atom stereocenters. The summed E-state index contributed by atoms with van der Waals surface area (Å²) in [6, 6.07) is 16.1. The third-order valence-corrected chi connectivity index (χ3v) is 6.56. The number of ether oxygens (including phenoxy) is 1. The number of carboxylic acid groups (broad SMARTS) is 1. The zero-order valence-electron chi connectivity index (χ0n) is 18.8. The normalized spacial score (nSPS) is 16.2. The number of alkyl carbamates (subject to hydrolysis) is 1. The number of nitrogens with zero attached hydrogens (tertiary/aromatic N) is 1. The molecule has 1 heterocycles. The van der Waals surface area contributed by atoms with Crippen molar-refractivity contribution in [1.29, 1.82) is 0 Å². The molecule has 4 rings (SSSR count). The van der Waals surface area contributed by atoms with E-state index in [1.54, 1.807) is 19.9 Å². The van der Waals surface area contributed by atoms with E-state index in [9.17, 15) is 19.5 Å². The first kappa shape index (κ1) is 22.6. The Morgan fingerprint density at radius 3 is 2.18 bits per heavy atom. The Morgan fingerprint density at radius 1 is 1.12 bits per heavy atom. The number of carbonyl (C=O) groups excluding carboxylic acids is 2. The molecule has 2 aromatic rings. The van der Waals surface area contributed by atoms with Gasteiger partial charge < -0.3 is 20.1 Å². The highest BCUT2D eigenvalue weighted by atomic mass is 16.5. The minimum Gasteiger partial charge on any atom is -0.481 e. The zero-order chi connectivity index (χ0) is 23.8. The second kappa shape index (κ2) is 8.39. The van der Waals surface area contributed by atoms with E-state index in [0.717, 1.165) is 22.3 Å². The van der Waals surface area contributed by atoms with Gasteiger partial charge in [-0.3, -0.25) is 9.59 Å². The van der Waals surface area contributed by atoms with Crippen LogP contribution in [0.15, 0.2) is 61.2 Å². The number of hydrogen-bond donors (Lipinski definition) is 2. The predicted octanol–water partition coefficient (Wildman–Crippen LogP) is 3.79. The van der Waals surface area contributed by atoms with Crippen LogP contribution in [-0.4, -0.2) is 53.2 Å². The van der Waals surface area contributed by atoms with E-state index >= 15 is 0 Å². The van der Waals surface area contributed by atoms with Gasteiger partial charge in [0, 0.05) is 19.0 Å². The third kappa shape index (κ3) is 3.99. The fraction of sp³-hybridized carbons (Fsp3) is 0.346. The molecule has 0 aromatic heterocycles. The number of amides is 2. The van der Waals surface area contributed by atoms with Gasteiger partial charge in [-0.05, 0) is 42.5 Å². The molecule has 2 aromatic carbocycles.